The molecule has 0 aliphatic carbocycles. The minimum Gasteiger partial charge on any atom is -0.480 e. The Morgan fingerprint density at radius 3 is 2.26 bits per heavy atom. The summed E-state index contributed by atoms with van der Waals surface area (Å²) in [5.74, 6) is -6.34. The predicted octanol–water partition coefficient (Wildman–Crippen LogP) is 0.218. The molecule has 1 unspecified atom stereocenters. The smallest absolute Gasteiger partial charge is 0.480 e. The first-order valence-corrected chi connectivity index (χ1v) is 8.45. The van der Waals surface area contributed by atoms with E-state index in [2.05, 4.69) is 10.6 Å². The van der Waals surface area contributed by atoms with Crippen LogP contribution in [-0.2, 0) is 19.2 Å². The van der Waals surface area contributed by atoms with Gasteiger partial charge in [0, 0.05) is 12.1 Å². The largest absolute Gasteiger partial charge is 0.490 e. The average molecular weight is 445 g/mol. The molecule has 14 heteroatoms. The van der Waals surface area contributed by atoms with E-state index in [9.17, 15) is 37.1 Å². The highest BCUT2D eigenvalue weighted by Crippen LogP contribution is 2.32. The number of carbonyl (C=O) groups is 6. The maximum Gasteiger partial charge on any atom is 0.490 e. The van der Waals surface area contributed by atoms with Gasteiger partial charge in [0.25, 0.3) is 11.8 Å². The second-order valence-corrected chi connectivity index (χ2v) is 6.23. The standard InChI is InChI=1S/C15H13N3O6.C2HF3O2/c19-10-5-4-9(13(22)17-10)18-14(23)7-2-1-3-8(12(7)15(18)24)16-6-11(20)21;3-2(4,5)1(6)7/h1-3,9,16H,4-6H2,(H,20,21)(H,17,19,22);(H,6,7). The molecule has 0 radical (unpaired) electrons. The molecule has 1 saturated heterocycles. The molecule has 1 aromatic rings. The lowest BCUT2D eigenvalue weighted by molar-refractivity contribution is -0.192. The van der Waals surface area contributed by atoms with Gasteiger partial charge in [0.2, 0.25) is 11.8 Å². The highest BCUT2D eigenvalue weighted by molar-refractivity contribution is 6.25. The van der Waals surface area contributed by atoms with Crippen molar-refractivity contribution in [3.8, 4) is 0 Å². The number of fused-ring (bicyclic) bond motifs is 1. The molecule has 31 heavy (non-hydrogen) atoms. The van der Waals surface area contributed by atoms with Crippen LogP contribution in [0.1, 0.15) is 33.6 Å². The van der Waals surface area contributed by atoms with Gasteiger partial charge in [-0.2, -0.15) is 13.2 Å². The quantitative estimate of drug-likeness (QED) is 0.473. The maximum absolute atomic E-state index is 12.7. The summed E-state index contributed by atoms with van der Waals surface area (Å²) in [5.41, 5.74) is 0.344. The van der Waals surface area contributed by atoms with E-state index in [4.69, 9.17) is 15.0 Å². The van der Waals surface area contributed by atoms with Crippen LogP contribution in [0.2, 0.25) is 0 Å². The second-order valence-electron chi connectivity index (χ2n) is 6.23. The number of benzene rings is 1. The number of alkyl halides is 3. The van der Waals surface area contributed by atoms with E-state index in [-0.39, 0.29) is 29.7 Å². The van der Waals surface area contributed by atoms with Crippen molar-refractivity contribution >= 4 is 41.3 Å². The van der Waals surface area contributed by atoms with E-state index in [0.29, 0.717) is 0 Å². The van der Waals surface area contributed by atoms with Crippen molar-refractivity contribution in [1.82, 2.24) is 10.2 Å². The van der Waals surface area contributed by atoms with Crippen molar-refractivity contribution < 1.29 is 52.2 Å². The molecule has 4 amide bonds. The van der Waals surface area contributed by atoms with Crippen LogP contribution in [0.3, 0.4) is 0 Å². The van der Waals surface area contributed by atoms with E-state index < -0.39 is 54.3 Å². The van der Waals surface area contributed by atoms with Crippen LogP contribution >= 0.6 is 0 Å². The van der Waals surface area contributed by atoms with Gasteiger partial charge in [-0.05, 0) is 18.6 Å². The van der Waals surface area contributed by atoms with Gasteiger partial charge in [0.1, 0.15) is 12.6 Å². The summed E-state index contributed by atoms with van der Waals surface area (Å²) < 4.78 is 31.7. The molecule has 2 heterocycles. The number of carboxylic acids is 2. The van der Waals surface area contributed by atoms with Gasteiger partial charge in [-0.25, -0.2) is 4.79 Å². The van der Waals surface area contributed by atoms with Gasteiger partial charge >= 0.3 is 18.1 Å². The lowest BCUT2D eigenvalue weighted by atomic mass is 10.0. The Labute approximate surface area is 170 Å². The third-order valence-electron chi connectivity index (χ3n) is 4.14. The van der Waals surface area contributed by atoms with Gasteiger partial charge in [-0.1, -0.05) is 6.07 Å². The average Bonchev–Trinajstić information content (AvgIpc) is 2.91. The Bertz CT molecular complexity index is 976. The van der Waals surface area contributed by atoms with Crippen LogP contribution in [0.4, 0.5) is 18.9 Å². The molecule has 1 fully saturated rings. The van der Waals surface area contributed by atoms with E-state index >= 15 is 0 Å². The molecule has 0 bridgehead atoms. The van der Waals surface area contributed by atoms with E-state index in [1.165, 1.54) is 18.2 Å². The first-order valence-electron chi connectivity index (χ1n) is 8.45. The third kappa shape index (κ3) is 5.15. The number of anilines is 1. The zero-order valence-corrected chi connectivity index (χ0v) is 15.4. The number of piperidine rings is 1. The van der Waals surface area contributed by atoms with Crippen molar-refractivity contribution in [2.45, 2.75) is 25.1 Å². The lowest BCUT2D eigenvalue weighted by Crippen LogP contribution is -2.54. The molecule has 1 atom stereocenters. The summed E-state index contributed by atoms with van der Waals surface area (Å²) in [5, 5.41) is 20.6. The Morgan fingerprint density at radius 1 is 1.13 bits per heavy atom. The molecular formula is C17H14F3N3O8. The maximum atomic E-state index is 12.7. The molecule has 1 aromatic carbocycles. The molecule has 2 aliphatic rings. The molecule has 0 spiro atoms. The van der Waals surface area contributed by atoms with Gasteiger partial charge < -0.3 is 15.5 Å². The summed E-state index contributed by atoms with van der Waals surface area (Å²) in [6.07, 6.45) is -4.98. The van der Waals surface area contributed by atoms with Gasteiger partial charge in [0.05, 0.1) is 11.1 Å². The number of aliphatic carboxylic acids is 2. The Kier molecular flexibility index (Phi) is 6.62. The summed E-state index contributed by atoms with van der Waals surface area (Å²) in [6.45, 7) is -0.420. The number of amides is 4. The Morgan fingerprint density at radius 2 is 1.74 bits per heavy atom. The summed E-state index contributed by atoms with van der Waals surface area (Å²) >= 11 is 0. The fourth-order valence-electron chi connectivity index (χ4n) is 2.83. The Balaban J connectivity index is 0.000000423. The fraction of sp³-hybridized carbons (Fsp3) is 0.294. The summed E-state index contributed by atoms with van der Waals surface area (Å²) in [6, 6.07) is 3.39. The second kappa shape index (κ2) is 8.81. The molecule has 0 saturated carbocycles. The van der Waals surface area contributed by atoms with Crippen molar-refractivity contribution in [2.75, 3.05) is 11.9 Å². The van der Waals surface area contributed by atoms with E-state index in [0.717, 1.165) is 4.90 Å². The number of hydrogen-bond acceptors (Lipinski definition) is 7. The number of rotatable bonds is 4. The Hall–Kier alpha value is -3.97. The molecule has 4 N–H and O–H groups in total. The van der Waals surface area contributed by atoms with Crippen LogP contribution in [0.15, 0.2) is 18.2 Å². The number of carboxylic acid groups (broad SMARTS) is 2. The number of imide groups is 2. The summed E-state index contributed by atoms with van der Waals surface area (Å²) in [7, 11) is 0. The fourth-order valence-corrected chi connectivity index (χ4v) is 2.83. The van der Waals surface area contributed by atoms with Crippen LogP contribution < -0.4 is 10.6 Å². The molecule has 0 aromatic heterocycles. The van der Waals surface area contributed by atoms with Crippen LogP contribution in [0.5, 0.6) is 0 Å². The summed E-state index contributed by atoms with van der Waals surface area (Å²) in [4.78, 5) is 68.8. The van der Waals surface area contributed by atoms with Crippen LogP contribution in [-0.4, -0.2) is 69.4 Å². The van der Waals surface area contributed by atoms with Crippen molar-refractivity contribution in [3.05, 3.63) is 29.3 Å². The van der Waals surface area contributed by atoms with Crippen molar-refractivity contribution in [1.29, 1.82) is 0 Å². The highest BCUT2D eigenvalue weighted by atomic mass is 19.4. The van der Waals surface area contributed by atoms with E-state index in [1.807, 2.05) is 0 Å². The topological polar surface area (TPSA) is 170 Å². The minimum atomic E-state index is -5.08. The number of halogens is 3. The first-order chi connectivity index (χ1) is 14.3. The number of nitrogens with zero attached hydrogens (tertiary/aromatic N) is 1. The zero-order chi connectivity index (χ0) is 23.5. The van der Waals surface area contributed by atoms with Crippen molar-refractivity contribution in [2.24, 2.45) is 0 Å². The molecule has 11 nitrogen and oxygen atoms in total. The number of carbonyl (C=O) groups excluding carboxylic acids is 4. The monoisotopic (exact) mass is 445 g/mol. The highest BCUT2D eigenvalue weighted by Gasteiger charge is 2.45. The first kappa shape index (κ1) is 23.3. The van der Waals surface area contributed by atoms with Gasteiger partial charge in [-0.3, -0.25) is 34.2 Å². The molecular weight excluding hydrogens is 431 g/mol. The number of nitrogens with one attached hydrogen (secondary N) is 2. The van der Waals surface area contributed by atoms with Crippen molar-refractivity contribution in [3.63, 3.8) is 0 Å². The molecule has 3 rings (SSSR count). The normalized spacial score (nSPS) is 18.0. The molecule has 2 aliphatic heterocycles. The zero-order valence-electron chi connectivity index (χ0n) is 15.4. The van der Waals surface area contributed by atoms with Crippen LogP contribution in [0.25, 0.3) is 0 Å². The number of hydrogen-bond donors (Lipinski definition) is 4. The van der Waals surface area contributed by atoms with Gasteiger partial charge in [0.15, 0.2) is 0 Å². The molecule has 166 valence electrons. The minimum absolute atomic E-state index is 0.0356. The SMILES string of the molecule is O=C(O)C(F)(F)F.O=C(O)CNc1cccc2c1C(=O)N(C1CCC(=O)NC1=O)C2=O. The van der Waals surface area contributed by atoms with E-state index in [1.54, 1.807) is 0 Å². The van der Waals surface area contributed by atoms with Gasteiger partial charge in [-0.15, -0.1) is 0 Å². The third-order valence-corrected chi connectivity index (χ3v) is 4.14. The van der Waals surface area contributed by atoms with Crippen LogP contribution in [0, 0.1) is 0 Å². The predicted molar refractivity (Wildman–Crippen MR) is 92.9 cm³/mol. The lowest BCUT2D eigenvalue weighted by Gasteiger charge is -2.27.